The van der Waals surface area contributed by atoms with Crippen LogP contribution in [-0.4, -0.2) is 6.08 Å². The molecule has 0 aromatic carbocycles. The molecule has 0 heterocycles. The summed E-state index contributed by atoms with van der Waals surface area (Å²) in [4.78, 5) is 12.7. The first-order chi connectivity index (χ1) is 3.81. The fourth-order valence-electron chi connectivity index (χ4n) is 0.181. The second-order valence-corrected chi connectivity index (χ2v) is 1.30. The SMILES string of the molecule is C=C/C(C)=C/N=C=O. The van der Waals surface area contributed by atoms with Crippen molar-refractivity contribution in [1.29, 1.82) is 0 Å². The van der Waals surface area contributed by atoms with E-state index in [1.807, 2.05) is 0 Å². The Bertz CT molecular complexity index is 152. The molecule has 0 aromatic heterocycles. The molecule has 0 saturated carbocycles. The highest BCUT2D eigenvalue weighted by Crippen LogP contribution is 1.90. The van der Waals surface area contributed by atoms with Gasteiger partial charge in [0, 0.05) is 6.20 Å². The predicted octanol–water partition coefficient (Wildman–Crippen LogP) is 1.41. The molecule has 0 aliphatic carbocycles. The van der Waals surface area contributed by atoms with E-state index in [9.17, 15) is 4.79 Å². The molecule has 2 nitrogen and oxygen atoms in total. The highest BCUT2D eigenvalue weighted by molar-refractivity contribution is 5.35. The van der Waals surface area contributed by atoms with E-state index in [1.165, 1.54) is 12.3 Å². The molecule has 0 spiro atoms. The van der Waals surface area contributed by atoms with E-state index in [2.05, 4.69) is 11.6 Å². The Labute approximate surface area is 48.2 Å². The van der Waals surface area contributed by atoms with Crippen LogP contribution in [0.5, 0.6) is 0 Å². The fourth-order valence-corrected chi connectivity index (χ4v) is 0.181. The van der Waals surface area contributed by atoms with Gasteiger partial charge in [-0.3, -0.25) is 0 Å². The number of isocyanates is 1. The predicted molar refractivity (Wildman–Crippen MR) is 32.1 cm³/mol. The van der Waals surface area contributed by atoms with Crippen molar-refractivity contribution in [3.05, 3.63) is 24.4 Å². The van der Waals surface area contributed by atoms with Gasteiger partial charge in [-0.25, -0.2) is 4.79 Å². The van der Waals surface area contributed by atoms with Gasteiger partial charge in [-0.1, -0.05) is 12.7 Å². The summed E-state index contributed by atoms with van der Waals surface area (Å²) in [5.74, 6) is 0. The summed E-state index contributed by atoms with van der Waals surface area (Å²) in [5, 5.41) is 0. The number of hydrogen-bond acceptors (Lipinski definition) is 2. The molecule has 0 amide bonds. The van der Waals surface area contributed by atoms with Gasteiger partial charge in [-0.2, -0.15) is 4.99 Å². The summed E-state index contributed by atoms with van der Waals surface area (Å²) in [5.41, 5.74) is 0.855. The van der Waals surface area contributed by atoms with Gasteiger partial charge in [0.25, 0.3) is 0 Å². The molecule has 0 bridgehead atoms. The van der Waals surface area contributed by atoms with Crippen molar-refractivity contribution in [2.75, 3.05) is 0 Å². The van der Waals surface area contributed by atoms with Gasteiger partial charge in [0.15, 0.2) is 0 Å². The zero-order chi connectivity index (χ0) is 6.41. The highest BCUT2D eigenvalue weighted by atomic mass is 16.1. The minimum Gasteiger partial charge on any atom is -0.211 e. The van der Waals surface area contributed by atoms with Crippen LogP contribution >= 0.6 is 0 Å². The summed E-state index contributed by atoms with van der Waals surface area (Å²) >= 11 is 0. The number of nitrogens with zero attached hydrogens (tertiary/aromatic N) is 1. The normalized spacial score (nSPS) is 9.88. The first kappa shape index (κ1) is 6.86. The lowest BCUT2D eigenvalue weighted by Crippen LogP contribution is -1.60. The van der Waals surface area contributed by atoms with E-state index >= 15 is 0 Å². The molecule has 0 unspecified atom stereocenters. The maximum absolute atomic E-state index is 9.45. The minimum absolute atomic E-state index is 0.855. The van der Waals surface area contributed by atoms with E-state index in [-0.39, 0.29) is 0 Å². The molecule has 0 N–H and O–H groups in total. The van der Waals surface area contributed by atoms with Crippen molar-refractivity contribution in [3.8, 4) is 0 Å². The average molecular weight is 109 g/mol. The van der Waals surface area contributed by atoms with Gasteiger partial charge in [0.05, 0.1) is 0 Å². The van der Waals surface area contributed by atoms with Crippen molar-refractivity contribution in [1.82, 2.24) is 0 Å². The summed E-state index contributed by atoms with van der Waals surface area (Å²) in [6.45, 7) is 5.25. The minimum atomic E-state index is 0.855. The van der Waals surface area contributed by atoms with Gasteiger partial charge in [-0.05, 0) is 12.5 Å². The zero-order valence-electron chi connectivity index (χ0n) is 4.72. The lowest BCUT2D eigenvalue weighted by atomic mass is 10.3. The van der Waals surface area contributed by atoms with Gasteiger partial charge in [0.1, 0.15) is 0 Å². The smallest absolute Gasteiger partial charge is 0.211 e. The monoisotopic (exact) mass is 109 g/mol. The quantitative estimate of drug-likeness (QED) is 0.299. The molecular formula is C6H7NO. The Morgan fingerprint density at radius 1 is 1.88 bits per heavy atom. The third kappa shape index (κ3) is 3.07. The van der Waals surface area contributed by atoms with Crippen molar-refractivity contribution in [2.24, 2.45) is 4.99 Å². The number of allylic oxidation sites excluding steroid dienone is 2. The highest BCUT2D eigenvalue weighted by Gasteiger charge is 1.71. The van der Waals surface area contributed by atoms with Gasteiger partial charge < -0.3 is 0 Å². The van der Waals surface area contributed by atoms with Crippen molar-refractivity contribution < 1.29 is 4.79 Å². The van der Waals surface area contributed by atoms with E-state index in [0.29, 0.717) is 0 Å². The number of aliphatic imine (C=N–C) groups is 1. The van der Waals surface area contributed by atoms with Crippen molar-refractivity contribution in [3.63, 3.8) is 0 Å². The number of rotatable bonds is 2. The summed E-state index contributed by atoms with van der Waals surface area (Å²) in [6.07, 6.45) is 4.40. The molecular weight excluding hydrogens is 102 g/mol. The topological polar surface area (TPSA) is 29.4 Å². The number of carbonyl (C=O) groups excluding carboxylic acids is 1. The Hall–Kier alpha value is -1.14. The van der Waals surface area contributed by atoms with Crippen LogP contribution in [0.2, 0.25) is 0 Å². The van der Waals surface area contributed by atoms with Gasteiger partial charge >= 0.3 is 0 Å². The van der Waals surface area contributed by atoms with Crippen LogP contribution in [0.3, 0.4) is 0 Å². The third-order valence-corrected chi connectivity index (χ3v) is 0.643. The Kier molecular flexibility index (Phi) is 3.46. The van der Waals surface area contributed by atoms with Crippen LogP contribution in [0.25, 0.3) is 0 Å². The van der Waals surface area contributed by atoms with Gasteiger partial charge in [0.2, 0.25) is 6.08 Å². The molecule has 0 radical (unpaired) electrons. The van der Waals surface area contributed by atoms with Gasteiger partial charge in [-0.15, -0.1) is 0 Å². The molecule has 0 aliphatic heterocycles. The molecule has 0 atom stereocenters. The largest absolute Gasteiger partial charge is 0.239 e. The van der Waals surface area contributed by atoms with E-state index in [1.54, 1.807) is 13.0 Å². The Morgan fingerprint density at radius 3 is 2.88 bits per heavy atom. The second kappa shape index (κ2) is 4.03. The standard InChI is InChI=1S/C6H7NO/c1-3-6(2)4-7-5-8/h3-4H,1H2,2H3/b6-4+. The zero-order valence-corrected chi connectivity index (χ0v) is 4.72. The fraction of sp³-hybridized carbons (Fsp3) is 0.167. The maximum Gasteiger partial charge on any atom is 0.239 e. The molecule has 8 heavy (non-hydrogen) atoms. The first-order valence-corrected chi connectivity index (χ1v) is 2.17. The lowest BCUT2D eigenvalue weighted by molar-refractivity contribution is 0.565. The molecule has 0 rings (SSSR count). The molecule has 0 aromatic rings. The summed E-state index contributed by atoms with van der Waals surface area (Å²) in [7, 11) is 0. The molecule has 0 saturated heterocycles. The van der Waals surface area contributed by atoms with Crippen LogP contribution in [0.1, 0.15) is 6.92 Å². The van der Waals surface area contributed by atoms with Crippen LogP contribution in [0.15, 0.2) is 29.4 Å². The van der Waals surface area contributed by atoms with Crippen LogP contribution in [-0.2, 0) is 4.79 Å². The van der Waals surface area contributed by atoms with Crippen LogP contribution in [0, 0.1) is 0 Å². The first-order valence-electron chi connectivity index (χ1n) is 2.17. The van der Waals surface area contributed by atoms with Crippen molar-refractivity contribution in [2.45, 2.75) is 6.92 Å². The van der Waals surface area contributed by atoms with Crippen LogP contribution in [0.4, 0.5) is 0 Å². The lowest BCUT2D eigenvalue weighted by Gasteiger charge is -1.78. The van der Waals surface area contributed by atoms with E-state index in [4.69, 9.17) is 0 Å². The molecule has 0 aliphatic rings. The third-order valence-electron chi connectivity index (χ3n) is 0.643. The van der Waals surface area contributed by atoms with Crippen molar-refractivity contribution >= 4 is 6.08 Å². The molecule has 42 valence electrons. The molecule has 0 fully saturated rings. The van der Waals surface area contributed by atoms with Crippen LogP contribution < -0.4 is 0 Å². The van der Waals surface area contributed by atoms with E-state index < -0.39 is 0 Å². The number of hydrogen-bond donors (Lipinski definition) is 0. The Balaban J connectivity index is 3.93. The summed E-state index contributed by atoms with van der Waals surface area (Å²) < 4.78 is 0. The average Bonchev–Trinajstić information content (AvgIpc) is 1.83. The van der Waals surface area contributed by atoms with E-state index in [0.717, 1.165) is 5.57 Å². The molecule has 2 heteroatoms. The summed E-state index contributed by atoms with van der Waals surface area (Å²) in [6, 6.07) is 0. The maximum atomic E-state index is 9.45. The second-order valence-electron chi connectivity index (χ2n) is 1.30. The Morgan fingerprint density at radius 2 is 2.50 bits per heavy atom.